The third-order valence-electron chi connectivity index (χ3n) is 4.08. The molecule has 1 amide bonds. The van der Waals surface area contributed by atoms with Crippen LogP contribution < -0.4 is 5.32 Å². The van der Waals surface area contributed by atoms with E-state index in [0.717, 1.165) is 12.8 Å². The number of furan rings is 1. The van der Waals surface area contributed by atoms with Crippen LogP contribution in [0.3, 0.4) is 0 Å². The minimum atomic E-state index is -0.372. The van der Waals surface area contributed by atoms with E-state index < -0.39 is 0 Å². The van der Waals surface area contributed by atoms with Crippen LogP contribution in [0.5, 0.6) is 0 Å². The fourth-order valence-corrected chi connectivity index (χ4v) is 3.12. The van der Waals surface area contributed by atoms with Gasteiger partial charge in [0.1, 0.15) is 12.4 Å². The number of anilines is 1. The highest BCUT2D eigenvalue weighted by molar-refractivity contribution is 6.35. The summed E-state index contributed by atoms with van der Waals surface area (Å²) in [7, 11) is 0. The van der Waals surface area contributed by atoms with Crippen molar-refractivity contribution in [3.63, 3.8) is 0 Å². The van der Waals surface area contributed by atoms with Crippen molar-refractivity contribution in [3.8, 4) is 0 Å². The van der Waals surface area contributed by atoms with Gasteiger partial charge in [-0.05, 0) is 43.2 Å². The Kier molecular flexibility index (Phi) is 5.82. The molecule has 2 aromatic rings. The normalized spacial score (nSPS) is 15.4. The Morgan fingerprint density at radius 3 is 2.75 bits per heavy atom. The molecule has 0 radical (unpaired) electrons. The molecule has 6 heteroatoms. The lowest BCUT2D eigenvalue weighted by atomic mass is 9.98. The topological polar surface area (TPSA) is 51.5 Å². The summed E-state index contributed by atoms with van der Waals surface area (Å²) in [5.41, 5.74) is 0.450. The number of amides is 1. The maximum atomic E-state index is 12.2. The fourth-order valence-electron chi connectivity index (χ4n) is 2.79. The standard InChI is InChI=1S/C18H19Cl2NO3/c19-12-6-8-15(20)16(10-12)21-18(22)17-9-7-14(24-17)11-23-13-4-2-1-3-5-13/h6-10,13H,1-5,11H2,(H,21,22). The van der Waals surface area contributed by atoms with Crippen molar-refractivity contribution in [2.75, 3.05) is 5.32 Å². The number of nitrogens with one attached hydrogen (secondary N) is 1. The Morgan fingerprint density at radius 1 is 1.17 bits per heavy atom. The summed E-state index contributed by atoms with van der Waals surface area (Å²) >= 11 is 12.0. The summed E-state index contributed by atoms with van der Waals surface area (Å²) in [5.74, 6) is 0.485. The Morgan fingerprint density at radius 2 is 1.96 bits per heavy atom. The maximum absolute atomic E-state index is 12.2. The van der Waals surface area contributed by atoms with E-state index in [4.69, 9.17) is 32.4 Å². The number of ether oxygens (including phenoxy) is 1. The predicted octanol–water partition coefficient (Wildman–Crippen LogP) is 5.69. The molecule has 0 spiro atoms. The first-order valence-electron chi connectivity index (χ1n) is 8.08. The van der Waals surface area contributed by atoms with Crippen molar-refractivity contribution < 1.29 is 13.9 Å². The fraction of sp³-hybridized carbons (Fsp3) is 0.389. The molecule has 1 heterocycles. The van der Waals surface area contributed by atoms with E-state index in [1.165, 1.54) is 19.3 Å². The summed E-state index contributed by atoms with van der Waals surface area (Å²) in [6.45, 7) is 0.385. The molecule has 1 aliphatic carbocycles. The van der Waals surface area contributed by atoms with E-state index in [1.54, 1.807) is 30.3 Å². The van der Waals surface area contributed by atoms with Crippen LogP contribution in [-0.2, 0) is 11.3 Å². The molecule has 0 saturated heterocycles. The summed E-state index contributed by atoms with van der Waals surface area (Å²) in [4.78, 5) is 12.2. The lowest BCUT2D eigenvalue weighted by Crippen LogP contribution is -2.16. The number of benzene rings is 1. The van der Waals surface area contributed by atoms with Crippen molar-refractivity contribution in [1.29, 1.82) is 0 Å². The van der Waals surface area contributed by atoms with Gasteiger partial charge in [-0.25, -0.2) is 0 Å². The molecule has 1 aromatic heterocycles. The van der Waals surface area contributed by atoms with Gasteiger partial charge in [0.05, 0.1) is 16.8 Å². The van der Waals surface area contributed by atoms with Crippen LogP contribution in [0.15, 0.2) is 34.7 Å². The zero-order valence-electron chi connectivity index (χ0n) is 13.2. The number of carbonyl (C=O) groups is 1. The van der Waals surface area contributed by atoms with Crippen LogP contribution in [0.25, 0.3) is 0 Å². The van der Waals surface area contributed by atoms with Crippen LogP contribution in [0, 0.1) is 0 Å². The monoisotopic (exact) mass is 367 g/mol. The molecule has 0 bridgehead atoms. The van der Waals surface area contributed by atoms with Crippen LogP contribution in [0.1, 0.15) is 48.4 Å². The lowest BCUT2D eigenvalue weighted by Gasteiger charge is -2.21. The molecule has 0 atom stereocenters. The molecule has 1 N–H and O–H groups in total. The Bertz CT molecular complexity index is 708. The van der Waals surface area contributed by atoms with E-state index in [2.05, 4.69) is 5.32 Å². The SMILES string of the molecule is O=C(Nc1cc(Cl)ccc1Cl)c1ccc(COC2CCCCC2)o1. The van der Waals surface area contributed by atoms with Gasteiger partial charge in [-0.2, -0.15) is 0 Å². The van der Waals surface area contributed by atoms with E-state index >= 15 is 0 Å². The van der Waals surface area contributed by atoms with E-state index in [9.17, 15) is 4.79 Å². The van der Waals surface area contributed by atoms with Gasteiger partial charge in [0.2, 0.25) is 0 Å². The highest BCUT2D eigenvalue weighted by Crippen LogP contribution is 2.26. The Balaban J connectivity index is 1.58. The van der Waals surface area contributed by atoms with Gasteiger partial charge < -0.3 is 14.5 Å². The number of rotatable bonds is 5. The second-order valence-electron chi connectivity index (χ2n) is 5.92. The zero-order valence-corrected chi connectivity index (χ0v) is 14.7. The van der Waals surface area contributed by atoms with Crippen LogP contribution >= 0.6 is 23.2 Å². The van der Waals surface area contributed by atoms with E-state index in [0.29, 0.717) is 34.2 Å². The Hall–Kier alpha value is -1.49. The van der Waals surface area contributed by atoms with Crippen LogP contribution in [0.2, 0.25) is 10.0 Å². The second-order valence-corrected chi connectivity index (χ2v) is 6.76. The van der Waals surface area contributed by atoms with Crippen molar-refractivity contribution in [2.45, 2.75) is 44.8 Å². The zero-order chi connectivity index (χ0) is 16.9. The van der Waals surface area contributed by atoms with Gasteiger partial charge in [0, 0.05) is 5.02 Å². The first-order valence-corrected chi connectivity index (χ1v) is 8.84. The molecule has 128 valence electrons. The van der Waals surface area contributed by atoms with E-state index in [1.807, 2.05) is 0 Å². The molecule has 1 saturated carbocycles. The van der Waals surface area contributed by atoms with Crippen molar-refractivity contribution >= 4 is 34.8 Å². The average molecular weight is 368 g/mol. The lowest BCUT2D eigenvalue weighted by molar-refractivity contribution is 0.00849. The minimum absolute atomic E-state index is 0.216. The molecule has 4 nitrogen and oxygen atoms in total. The summed E-state index contributed by atoms with van der Waals surface area (Å²) in [6.07, 6.45) is 6.22. The first kappa shape index (κ1) is 17.3. The molecule has 1 aliphatic rings. The van der Waals surface area contributed by atoms with Crippen molar-refractivity contribution in [2.24, 2.45) is 0 Å². The second kappa shape index (κ2) is 8.06. The van der Waals surface area contributed by atoms with E-state index in [-0.39, 0.29) is 11.7 Å². The van der Waals surface area contributed by atoms with Gasteiger partial charge in [-0.1, -0.05) is 42.5 Å². The molecule has 1 aromatic carbocycles. The number of halogens is 2. The van der Waals surface area contributed by atoms with Gasteiger partial charge >= 0.3 is 0 Å². The third kappa shape index (κ3) is 4.53. The molecule has 3 rings (SSSR count). The van der Waals surface area contributed by atoms with Gasteiger partial charge in [-0.15, -0.1) is 0 Å². The summed E-state index contributed by atoms with van der Waals surface area (Å²) in [6, 6.07) is 8.28. The third-order valence-corrected chi connectivity index (χ3v) is 4.64. The molecule has 24 heavy (non-hydrogen) atoms. The van der Waals surface area contributed by atoms with Crippen molar-refractivity contribution in [1.82, 2.24) is 0 Å². The predicted molar refractivity (Wildman–Crippen MR) is 94.8 cm³/mol. The quantitative estimate of drug-likeness (QED) is 0.738. The average Bonchev–Trinajstić information content (AvgIpc) is 3.06. The maximum Gasteiger partial charge on any atom is 0.291 e. The summed E-state index contributed by atoms with van der Waals surface area (Å²) < 4.78 is 11.4. The number of carbonyl (C=O) groups excluding carboxylic acids is 1. The highest BCUT2D eigenvalue weighted by Gasteiger charge is 2.16. The highest BCUT2D eigenvalue weighted by atomic mass is 35.5. The van der Waals surface area contributed by atoms with Gasteiger partial charge in [0.15, 0.2) is 5.76 Å². The smallest absolute Gasteiger partial charge is 0.291 e. The number of hydrogen-bond acceptors (Lipinski definition) is 3. The number of hydrogen-bond donors (Lipinski definition) is 1. The summed E-state index contributed by atoms with van der Waals surface area (Å²) in [5, 5.41) is 3.61. The molecule has 0 unspecified atom stereocenters. The molecular formula is C18H19Cl2NO3. The molecule has 1 fully saturated rings. The van der Waals surface area contributed by atoms with Gasteiger partial charge in [0.25, 0.3) is 5.91 Å². The van der Waals surface area contributed by atoms with Crippen molar-refractivity contribution in [3.05, 3.63) is 51.9 Å². The van der Waals surface area contributed by atoms with Crippen LogP contribution in [0.4, 0.5) is 5.69 Å². The Labute approximate surface area is 151 Å². The largest absolute Gasteiger partial charge is 0.453 e. The first-order chi connectivity index (χ1) is 11.6. The van der Waals surface area contributed by atoms with Crippen LogP contribution in [-0.4, -0.2) is 12.0 Å². The molecular weight excluding hydrogens is 349 g/mol. The minimum Gasteiger partial charge on any atom is -0.453 e. The molecule has 0 aliphatic heterocycles. The van der Waals surface area contributed by atoms with Gasteiger partial charge in [-0.3, -0.25) is 4.79 Å².